The number of esters is 1. The molecule has 2 fully saturated rings. The molecule has 2 saturated heterocycles. The van der Waals surface area contributed by atoms with Crippen LogP contribution >= 0.6 is 0 Å². The minimum atomic E-state index is -1.14. The zero-order chi connectivity index (χ0) is 41.0. The molecule has 7 rings (SSSR count). The minimum absolute atomic E-state index is 0.0150. The Morgan fingerprint density at radius 3 is 2.46 bits per heavy atom. The van der Waals surface area contributed by atoms with E-state index in [2.05, 4.69) is 16.0 Å². The number of benzene rings is 4. The van der Waals surface area contributed by atoms with E-state index in [0.717, 1.165) is 27.5 Å². The van der Waals surface area contributed by atoms with Crippen molar-refractivity contribution in [2.24, 2.45) is 0 Å². The average molecular weight is 810 g/mol. The third-order valence-electron chi connectivity index (χ3n) is 10.6. The highest BCUT2D eigenvalue weighted by Gasteiger charge is 2.47. The maximum Gasteiger partial charge on any atom is 0.407 e. The summed E-state index contributed by atoms with van der Waals surface area (Å²) < 4.78 is 40.9. The molecule has 0 saturated carbocycles. The van der Waals surface area contributed by atoms with Crippen molar-refractivity contribution in [2.75, 3.05) is 20.0 Å². The summed E-state index contributed by atoms with van der Waals surface area (Å²) in [6.07, 6.45) is 0.259. The predicted octanol–water partition coefficient (Wildman–Crippen LogP) is 6.60. The largest absolute Gasteiger partial charge is 0.464 e. The van der Waals surface area contributed by atoms with Crippen molar-refractivity contribution in [3.63, 3.8) is 0 Å². The number of nitrogens with one attached hydrogen (secondary N) is 3. The molecule has 4 aromatic carbocycles. The normalized spacial score (nSPS) is 21.3. The lowest BCUT2D eigenvalue weighted by Gasteiger charge is -2.47. The second-order valence-electron chi connectivity index (χ2n) is 15.0. The van der Waals surface area contributed by atoms with Crippen LogP contribution in [-0.2, 0) is 52.8 Å². The molecule has 0 aliphatic carbocycles. The van der Waals surface area contributed by atoms with Gasteiger partial charge in [-0.25, -0.2) is 14.4 Å². The fourth-order valence-electron chi connectivity index (χ4n) is 7.86. The first-order valence-corrected chi connectivity index (χ1v) is 20.3. The molecule has 59 heavy (non-hydrogen) atoms. The molecule has 0 radical (unpaired) electrons. The SMILES string of the molecule is CCOC(=O)[C@H](Cc1ccccc1)NC(=O)CCC1CC(OC(=O)NCc2cccc3ccccc23)CC2(CCCC(COC(=O)NCc3ccc4c(c3)OCO4)O2)O1. The van der Waals surface area contributed by atoms with Crippen LogP contribution < -0.4 is 25.4 Å². The molecule has 14 heteroatoms. The molecular formula is C45H51N3O11. The minimum Gasteiger partial charge on any atom is -0.464 e. The first-order chi connectivity index (χ1) is 28.7. The second-order valence-corrected chi connectivity index (χ2v) is 15.0. The maximum absolute atomic E-state index is 13.4. The van der Waals surface area contributed by atoms with Gasteiger partial charge in [0.2, 0.25) is 12.7 Å². The summed E-state index contributed by atoms with van der Waals surface area (Å²) in [6, 6.07) is 27.9. The van der Waals surface area contributed by atoms with Crippen LogP contribution in [0.2, 0.25) is 0 Å². The lowest BCUT2D eigenvalue weighted by Crippen LogP contribution is -2.54. The topological polar surface area (TPSA) is 169 Å². The Morgan fingerprint density at radius 2 is 1.59 bits per heavy atom. The van der Waals surface area contributed by atoms with E-state index in [1.165, 1.54) is 0 Å². The van der Waals surface area contributed by atoms with Crippen LogP contribution in [0.4, 0.5) is 9.59 Å². The van der Waals surface area contributed by atoms with Crippen LogP contribution in [-0.4, -0.2) is 74.2 Å². The number of rotatable bonds is 15. The Morgan fingerprint density at radius 1 is 0.814 bits per heavy atom. The summed E-state index contributed by atoms with van der Waals surface area (Å²) in [7, 11) is 0. The number of fused-ring (bicyclic) bond motifs is 2. The summed E-state index contributed by atoms with van der Waals surface area (Å²) >= 11 is 0. The van der Waals surface area contributed by atoms with Gasteiger partial charge >= 0.3 is 18.2 Å². The van der Waals surface area contributed by atoms with Crippen molar-refractivity contribution in [1.82, 2.24) is 16.0 Å². The van der Waals surface area contributed by atoms with Gasteiger partial charge in [-0.1, -0.05) is 78.9 Å². The highest BCUT2D eigenvalue weighted by molar-refractivity contribution is 5.86. The summed E-state index contributed by atoms with van der Waals surface area (Å²) in [5, 5.41) is 10.6. The van der Waals surface area contributed by atoms with Crippen LogP contribution in [0.1, 0.15) is 68.6 Å². The fourth-order valence-corrected chi connectivity index (χ4v) is 7.86. The number of carbonyl (C=O) groups excluding carboxylic acids is 4. The standard InChI is InChI=1S/C45H51N3O11/c1-2-53-42(50)38(22-30-10-4-3-5-11-30)48-41(49)20-18-34-24-36(57-44(52)47-27-33-14-8-13-32-12-6-7-16-37(32)33)25-45(58-34)21-9-15-35(59-45)28-54-43(51)46-26-31-17-19-39-40(23-31)56-29-55-39/h3-8,10-14,16-17,19,23,34-36,38H,2,9,15,18,20-22,24-29H2,1H3,(H,46,51)(H,47,52)(H,48,49)/t34?,35?,36?,38-,45?/m0/s1. The number of hydrogen-bond acceptors (Lipinski definition) is 11. The molecule has 4 unspecified atom stereocenters. The van der Waals surface area contributed by atoms with E-state index in [-0.39, 0.29) is 64.7 Å². The number of hydrogen-bond donors (Lipinski definition) is 3. The molecule has 1 spiro atoms. The van der Waals surface area contributed by atoms with E-state index in [1.54, 1.807) is 13.0 Å². The molecule has 0 aromatic heterocycles. The first kappa shape index (κ1) is 41.3. The highest BCUT2D eigenvalue weighted by Crippen LogP contribution is 2.41. The molecule has 3 aliphatic rings. The van der Waals surface area contributed by atoms with E-state index in [9.17, 15) is 19.2 Å². The molecule has 312 valence electrons. The predicted molar refractivity (Wildman–Crippen MR) is 215 cm³/mol. The smallest absolute Gasteiger partial charge is 0.407 e. The molecular weight excluding hydrogens is 759 g/mol. The quantitative estimate of drug-likeness (QED) is 0.0874. The summed E-state index contributed by atoms with van der Waals surface area (Å²) in [6.45, 7) is 2.56. The zero-order valence-electron chi connectivity index (χ0n) is 33.2. The molecule has 14 nitrogen and oxygen atoms in total. The number of ether oxygens (including phenoxy) is 7. The van der Waals surface area contributed by atoms with E-state index in [4.69, 9.17) is 33.2 Å². The monoisotopic (exact) mass is 809 g/mol. The van der Waals surface area contributed by atoms with Gasteiger partial charge in [-0.3, -0.25) is 4.79 Å². The number of alkyl carbamates (subject to hydrolysis) is 2. The Bertz CT molecular complexity index is 2080. The second kappa shape index (κ2) is 19.7. The average Bonchev–Trinajstić information content (AvgIpc) is 3.72. The van der Waals surface area contributed by atoms with Gasteiger partial charge in [0.15, 0.2) is 17.3 Å². The van der Waals surface area contributed by atoms with Crippen LogP contribution in [0, 0.1) is 0 Å². The number of amides is 3. The van der Waals surface area contributed by atoms with Crippen LogP contribution in [0.3, 0.4) is 0 Å². The Balaban J connectivity index is 0.973. The van der Waals surface area contributed by atoms with Gasteiger partial charge in [-0.05, 0) is 65.8 Å². The van der Waals surface area contributed by atoms with Crippen molar-refractivity contribution < 1.29 is 52.3 Å². The van der Waals surface area contributed by atoms with Gasteiger partial charge in [0.05, 0.1) is 18.8 Å². The third kappa shape index (κ3) is 11.4. The lowest BCUT2D eigenvalue weighted by atomic mass is 9.90. The molecule has 0 bridgehead atoms. The van der Waals surface area contributed by atoms with Crippen molar-refractivity contribution in [1.29, 1.82) is 0 Å². The first-order valence-electron chi connectivity index (χ1n) is 20.3. The van der Waals surface area contributed by atoms with Gasteiger partial charge in [0, 0.05) is 45.2 Å². The van der Waals surface area contributed by atoms with Gasteiger partial charge in [-0.15, -0.1) is 0 Å². The zero-order valence-corrected chi connectivity index (χ0v) is 33.2. The number of carbonyl (C=O) groups is 4. The molecule has 3 aliphatic heterocycles. The van der Waals surface area contributed by atoms with E-state index >= 15 is 0 Å². The van der Waals surface area contributed by atoms with Crippen LogP contribution in [0.15, 0.2) is 91.0 Å². The Labute approximate surface area is 343 Å². The van der Waals surface area contributed by atoms with Gasteiger partial charge in [-0.2, -0.15) is 0 Å². The van der Waals surface area contributed by atoms with Crippen molar-refractivity contribution >= 4 is 34.8 Å². The van der Waals surface area contributed by atoms with Gasteiger partial charge in [0.25, 0.3) is 0 Å². The van der Waals surface area contributed by atoms with Crippen molar-refractivity contribution in [3.8, 4) is 11.5 Å². The highest BCUT2D eigenvalue weighted by atomic mass is 16.7. The van der Waals surface area contributed by atoms with Crippen molar-refractivity contribution in [3.05, 3.63) is 108 Å². The lowest BCUT2D eigenvalue weighted by molar-refractivity contribution is -0.329. The van der Waals surface area contributed by atoms with Gasteiger partial charge in [0.1, 0.15) is 18.8 Å². The summed E-state index contributed by atoms with van der Waals surface area (Å²) in [5.41, 5.74) is 2.67. The van der Waals surface area contributed by atoms with Crippen molar-refractivity contribution in [2.45, 2.75) is 102 Å². The van der Waals surface area contributed by atoms with E-state index in [1.807, 2.05) is 84.9 Å². The Kier molecular flexibility index (Phi) is 13.8. The fraction of sp³-hybridized carbons (Fsp3) is 0.422. The van der Waals surface area contributed by atoms with Crippen LogP contribution in [0.25, 0.3) is 10.8 Å². The van der Waals surface area contributed by atoms with E-state index in [0.29, 0.717) is 37.2 Å². The molecule has 3 N–H and O–H groups in total. The van der Waals surface area contributed by atoms with E-state index < -0.39 is 48.3 Å². The van der Waals surface area contributed by atoms with Crippen LogP contribution in [0.5, 0.6) is 11.5 Å². The third-order valence-corrected chi connectivity index (χ3v) is 10.6. The molecule has 4 aromatic rings. The molecule has 3 heterocycles. The van der Waals surface area contributed by atoms with Gasteiger partial charge < -0.3 is 49.1 Å². The Hall–Kier alpha value is -5.86. The maximum atomic E-state index is 13.4. The molecule has 5 atom stereocenters. The summed E-state index contributed by atoms with van der Waals surface area (Å²) in [4.78, 5) is 52.2. The summed E-state index contributed by atoms with van der Waals surface area (Å²) in [5.74, 6) is -0.707. The molecule has 3 amide bonds.